The van der Waals surface area contributed by atoms with Crippen molar-refractivity contribution in [3.63, 3.8) is 0 Å². The molecule has 0 fully saturated rings. The number of benzene rings is 1. The molecule has 4 nitrogen and oxygen atoms in total. The molecule has 0 aliphatic carbocycles. The first-order valence-electron chi connectivity index (χ1n) is 5.93. The molecule has 0 amide bonds. The monoisotopic (exact) mass is 250 g/mol. The van der Waals surface area contributed by atoms with Crippen molar-refractivity contribution in [2.45, 2.75) is 20.3 Å². The maximum absolute atomic E-state index is 12.2. The summed E-state index contributed by atoms with van der Waals surface area (Å²) < 4.78 is 9.96. The molecule has 0 heterocycles. The summed E-state index contributed by atoms with van der Waals surface area (Å²) in [7, 11) is 1.31. The molecule has 0 N–H and O–H groups in total. The zero-order chi connectivity index (χ0) is 13.5. The summed E-state index contributed by atoms with van der Waals surface area (Å²) in [6.07, 6.45) is 0.0792. The molecule has 1 atom stereocenters. The van der Waals surface area contributed by atoms with Gasteiger partial charge in [0, 0.05) is 5.92 Å². The zero-order valence-electron chi connectivity index (χ0n) is 10.9. The average Bonchev–Trinajstić information content (AvgIpc) is 2.38. The van der Waals surface area contributed by atoms with Crippen molar-refractivity contribution in [1.29, 1.82) is 0 Å². The highest BCUT2D eigenvalue weighted by molar-refractivity contribution is 6.01. The Morgan fingerprint density at radius 1 is 1.28 bits per heavy atom. The van der Waals surface area contributed by atoms with Gasteiger partial charge in [-0.3, -0.25) is 9.59 Å². The van der Waals surface area contributed by atoms with Crippen LogP contribution in [0.4, 0.5) is 0 Å². The van der Waals surface area contributed by atoms with Gasteiger partial charge in [-0.2, -0.15) is 0 Å². The lowest BCUT2D eigenvalue weighted by Gasteiger charge is -2.12. The maximum atomic E-state index is 12.2. The molecule has 0 radical (unpaired) electrons. The van der Waals surface area contributed by atoms with Crippen LogP contribution in [0, 0.1) is 5.92 Å². The minimum atomic E-state index is -0.418. The van der Waals surface area contributed by atoms with Gasteiger partial charge in [0.15, 0.2) is 5.78 Å². The third-order valence-electron chi connectivity index (χ3n) is 2.60. The van der Waals surface area contributed by atoms with E-state index in [1.165, 1.54) is 7.11 Å². The number of ketones is 1. The van der Waals surface area contributed by atoms with Crippen molar-refractivity contribution in [2.75, 3.05) is 13.7 Å². The van der Waals surface area contributed by atoms with Crippen molar-refractivity contribution < 1.29 is 19.1 Å². The maximum Gasteiger partial charge on any atom is 0.306 e. The van der Waals surface area contributed by atoms with Crippen molar-refractivity contribution in [3.8, 4) is 5.75 Å². The zero-order valence-corrected chi connectivity index (χ0v) is 10.9. The van der Waals surface area contributed by atoms with Crippen LogP contribution in [0.5, 0.6) is 5.75 Å². The molecule has 0 aliphatic rings. The first kappa shape index (κ1) is 14.2. The van der Waals surface area contributed by atoms with E-state index in [0.717, 1.165) is 0 Å². The van der Waals surface area contributed by atoms with Gasteiger partial charge in [-0.1, -0.05) is 19.1 Å². The summed E-state index contributed by atoms with van der Waals surface area (Å²) in [5.41, 5.74) is 0.510. The molecule has 1 rings (SSSR count). The van der Waals surface area contributed by atoms with E-state index in [-0.39, 0.29) is 18.2 Å². The second-order valence-electron chi connectivity index (χ2n) is 3.97. The number of para-hydroxylation sites is 1. The predicted octanol–water partition coefficient (Wildman–Crippen LogP) is 2.47. The fourth-order valence-corrected chi connectivity index (χ4v) is 1.64. The minimum absolute atomic E-state index is 0.0792. The van der Waals surface area contributed by atoms with Crippen LogP contribution in [0.1, 0.15) is 30.6 Å². The molecule has 98 valence electrons. The van der Waals surface area contributed by atoms with E-state index in [1.54, 1.807) is 25.1 Å². The Kier molecular flexibility index (Phi) is 5.36. The van der Waals surface area contributed by atoms with E-state index in [0.29, 0.717) is 17.9 Å². The van der Waals surface area contributed by atoms with E-state index in [9.17, 15) is 9.59 Å². The van der Waals surface area contributed by atoms with Crippen LogP contribution in [0.15, 0.2) is 24.3 Å². The molecule has 1 unspecified atom stereocenters. The summed E-state index contributed by atoms with van der Waals surface area (Å²) >= 11 is 0. The summed E-state index contributed by atoms with van der Waals surface area (Å²) in [5.74, 6) is -0.352. The number of Topliss-reactive ketones (excluding diaryl/α,β-unsaturated/α-hetero) is 1. The van der Waals surface area contributed by atoms with E-state index in [2.05, 4.69) is 4.74 Å². The highest BCUT2D eigenvalue weighted by atomic mass is 16.5. The normalized spacial score (nSPS) is 11.7. The standard InChI is InChI=1S/C14H18O4/c1-4-18-12-8-6-5-7-11(12)14(16)10(2)9-13(15)17-3/h5-8,10H,4,9H2,1-3H3. The predicted molar refractivity (Wildman–Crippen MR) is 67.7 cm³/mol. The number of hydrogen-bond acceptors (Lipinski definition) is 4. The lowest BCUT2D eigenvalue weighted by atomic mass is 9.96. The molecule has 18 heavy (non-hydrogen) atoms. The van der Waals surface area contributed by atoms with E-state index in [4.69, 9.17) is 4.74 Å². The summed E-state index contributed by atoms with van der Waals surface area (Å²) in [6, 6.07) is 7.05. The number of carbonyl (C=O) groups excluding carboxylic acids is 2. The Morgan fingerprint density at radius 3 is 2.56 bits per heavy atom. The van der Waals surface area contributed by atoms with Crippen molar-refractivity contribution in [2.24, 2.45) is 5.92 Å². The number of rotatable bonds is 6. The van der Waals surface area contributed by atoms with Crippen molar-refractivity contribution in [1.82, 2.24) is 0 Å². The lowest BCUT2D eigenvalue weighted by Crippen LogP contribution is -2.17. The smallest absolute Gasteiger partial charge is 0.306 e. The molecule has 4 heteroatoms. The molecule has 0 saturated heterocycles. The van der Waals surface area contributed by atoms with Gasteiger partial charge in [0.25, 0.3) is 0 Å². The Balaban J connectivity index is 2.86. The SMILES string of the molecule is CCOc1ccccc1C(=O)C(C)CC(=O)OC. The van der Waals surface area contributed by atoms with Gasteiger partial charge < -0.3 is 9.47 Å². The fraction of sp³-hybridized carbons (Fsp3) is 0.429. The van der Waals surface area contributed by atoms with Crippen LogP contribution in [0.2, 0.25) is 0 Å². The molecule has 1 aromatic rings. The second kappa shape index (κ2) is 6.79. The number of methoxy groups -OCH3 is 1. The number of hydrogen-bond donors (Lipinski definition) is 0. The number of esters is 1. The van der Waals surface area contributed by atoms with E-state index < -0.39 is 5.92 Å². The highest BCUT2D eigenvalue weighted by Gasteiger charge is 2.21. The Morgan fingerprint density at radius 2 is 1.94 bits per heavy atom. The van der Waals surface area contributed by atoms with Crippen LogP contribution in [-0.2, 0) is 9.53 Å². The largest absolute Gasteiger partial charge is 0.493 e. The molecule has 0 bridgehead atoms. The quantitative estimate of drug-likeness (QED) is 0.575. The summed E-state index contributed by atoms with van der Waals surface area (Å²) in [6.45, 7) is 4.07. The van der Waals surface area contributed by atoms with Gasteiger partial charge >= 0.3 is 5.97 Å². The van der Waals surface area contributed by atoms with E-state index >= 15 is 0 Å². The van der Waals surface area contributed by atoms with Gasteiger partial charge in [-0.25, -0.2) is 0 Å². The van der Waals surface area contributed by atoms with Gasteiger partial charge in [0.1, 0.15) is 5.75 Å². The minimum Gasteiger partial charge on any atom is -0.493 e. The van der Waals surface area contributed by atoms with Crippen LogP contribution in [0.3, 0.4) is 0 Å². The summed E-state index contributed by atoms with van der Waals surface area (Å²) in [4.78, 5) is 23.4. The topological polar surface area (TPSA) is 52.6 Å². The van der Waals surface area contributed by atoms with Crippen LogP contribution < -0.4 is 4.74 Å². The number of carbonyl (C=O) groups is 2. The van der Waals surface area contributed by atoms with Crippen molar-refractivity contribution >= 4 is 11.8 Å². The summed E-state index contributed by atoms with van der Waals surface area (Å²) in [5, 5.41) is 0. The highest BCUT2D eigenvalue weighted by Crippen LogP contribution is 2.22. The number of ether oxygens (including phenoxy) is 2. The lowest BCUT2D eigenvalue weighted by molar-refractivity contribution is -0.141. The third kappa shape index (κ3) is 3.58. The van der Waals surface area contributed by atoms with Crippen LogP contribution in [-0.4, -0.2) is 25.5 Å². The Labute approximate surface area is 107 Å². The Hall–Kier alpha value is -1.84. The van der Waals surface area contributed by atoms with Crippen LogP contribution >= 0.6 is 0 Å². The molecular weight excluding hydrogens is 232 g/mol. The van der Waals surface area contributed by atoms with Gasteiger partial charge in [-0.05, 0) is 19.1 Å². The average molecular weight is 250 g/mol. The van der Waals surface area contributed by atoms with Gasteiger partial charge in [0.05, 0.1) is 25.7 Å². The van der Waals surface area contributed by atoms with Crippen LogP contribution in [0.25, 0.3) is 0 Å². The fourth-order valence-electron chi connectivity index (χ4n) is 1.64. The molecule has 0 aromatic heterocycles. The third-order valence-corrected chi connectivity index (χ3v) is 2.60. The van der Waals surface area contributed by atoms with E-state index in [1.807, 2.05) is 13.0 Å². The van der Waals surface area contributed by atoms with Gasteiger partial charge in [0.2, 0.25) is 0 Å². The second-order valence-corrected chi connectivity index (χ2v) is 3.97. The molecule has 0 spiro atoms. The first-order valence-corrected chi connectivity index (χ1v) is 5.93. The Bertz CT molecular complexity index is 426. The molecular formula is C14H18O4. The molecule has 1 aromatic carbocycles. The molecule has 0 saturated carbocycles. The van der Waals surface area contributed by atoms with Crippen molar-refractivity contribution in [3.05, 3.63) is 29.8 Å². The molecule has 0 aliphatic heterocycles. The first-order chi connectivity index (χ1) is 8.60. The van der Waals surface area contributed by atoms with Gasteiger partial charge in [-0.15, -0.1) is 0 Å².